The number of hydrogen-bond donors (Lipinski definition) is 1. The maximum absolute atomic E-state index is 5.39. The predicted molar refractivity (Wildman–Crippen MR) is 52.8 cm³/mol. The van der Waals surface area contributed by atoms with Crippen molar-refractivity contribution in [2.45, 2.75) is 32.7 Å². The molecule has 0 bridgehead atoms. The van der Waals surface area contributed by atoms with Crippen molar-refractivity contribution >= 4 is 11.3 Å². The van der Waals surface area contributed by atoms with Crippen LogP contribution in [0.1, 0.15) is 31.2 Å². The van der Waals surface area contributed by atoms with Crippen LogP contribution in [0.15, 0.2) is 0 Å². The summed E-state index contributed by atoms with van der Waals surface area (Å²) < 4.78 is 5.38. The first kappa shape index (κ1) is 10.4. The van der Waals surface area contributed by atoms with Gasteiger partial charge < -0.3 is 10.5 Å². The second-order valence-electron chi connectivity index (χ2n) is 2.72. The van der Waals surface area contributed by atoms with Crippen molar-refractivity contribution < 1.29 is 4.74 Å². The molecule has 0 spiro atoms. The summed E-state index contributed by atoms with van der Waals surface area (Å²) >= 11 is 1.42. The van der Waals surface area contributed by atoms with Crippen LogP contribution in [-0.2, 0) is 6.54 Å². The van der Waals surface area contributed by atoms with E-state index in [1.807, 2.05) is 0 Å². The molecule has 0 unspecified atom stereocenters. The van der Waals surface area contributed by atoms with Gasteiger partial charge in [-0.05, 0) is 6.42 Å². The van der Waals surface area contributed by atoms with E-state index in [-0.39, 0.29) is 0 Å². The van der Waals surface area contributed by atoms with Gasteiger partial charge in [-0.3, -0.25) is 0 Å². The van der Waals surface area contributed by atoms with Crippen molar-refractivity contribution in [2.75, 3.05) is 6.61 Å². The highest BCUT2D eigenvalue weighted by Crippen LogP contribution is 2.17. The molecule has 0 aliphatic carbocycles. The highest BCUT2D eigenvalue weighted by molar-refractivity contribution is 7.13. The summed E-state index contributed by atoms with van der Waals surface area (Å²) in [5.74, 6) is 0. The summed E-state index contributed by atoms with van der Waals surface area (Å²) in [6.07, 6.45) is 3.48. The summed E-state index contributed by atoms with van der Waals surface area (Å²) in [6.45, 7) is 3.33. The minimum Gasteiger partial charge on any atom is -0.469 e. The Morgan fingerprint density at radius 3 is 2.85 bits per heavy atom. The van der Waals surface area contributed by atoms with Crippen LogP contribution in [0.25, 0.3) is 0 Å². The van der Waals surface area contributed by atoms with Gasteiger partial charge >= 0.3 is 0 Å². The van der Waals surface area contributed by atoms with Gasteiger partial charge in [0.2, 0.25) is 0 Å². The standard InChI is InChI=1S/C8H15N3OS/c1-2-3-4-5-12-8-11-10-7(6-9)13-8/h2-6,9H2,1H3. The third-order valence-corrected chi connectivity index (χ3v) is 2.45. The van der Waals surface area contributed by atoms with Gasteiger partial charge in [0.25, 0.3) is 5.19 Å². The number of nitrogens with zero attached hydrogens (tertiary/aromatic N) is 2. The van der Waals surface area contributed by atoms with Crippen molar-refractivity contribution in [1.29, 1.82) is 0 Å². The van der Waals surface area contributed by atoms with Crippen LogP contribution in [0.2, 0.25) is 0 Å². The Hall–Kier alpha value is -0.680. The smallest absolute Gasteiger partial charge is 0.294 e. The number of unbranched alkanes of at least 4 members (excludes halogenated alkanes) is 2. The van der Waals surface area contributed by atoms with Gasteiger partial charge in [0, 0.05) is 6.54 Å². The van der Waals surface area contributed by atoms with Gasteiger partial charge in [-0.15, -0.1) is 10.2 Å². The molecule has 0 amide bonds. The molecule has 0 saturated carbocycles. The van der Waals surface area contributed by atoms with E-state index < -0.39 is 0 Å². The molecule has 1 aromatic heterocycles. The van der Waals surface area contributed by atoms with E-state index in [0.717, 1.165) is 18.0 Å². The van der Waals surface area contributed by atoms with Crippen molar-refractivity contribution in [3.63, 3.8) is 0 Å². The molecule has 74 valence electrons. The van der Waals surface area contributed by atoms with Gasteiger partial charge in [-0.25, -0.2) is 0 Å². The van der Waals surface area contributed by atoms with Crippen molar-refractivity contribution in [3.05, 3.63) is 5.01 Å². The van der Waals surface area contributed by atoms with Gasteiger partial charge in [0.15, 0.2) is 0 Å². The molecule has 0 saturated heterocycles. The number of nitrogens with two attached hydrogens (primary N) is 1. The third-order valence-electron chi connectivity index (χ3n) is 1.60. The number of rotatable bonds is 6. The average molecular weight is 201 g/mol. The van der Waals surface area contributed by atoms with E-state index in [9.17, 15) is 0 Å². The number of ether oxygens (including phenoxy) is 1. The molecular weight excluding hydrogens is 186 g/mol. The highest BCUT2D eigenvalue weighted by Gasteiger charge is 2.02. The van der Waals surface area contributed by atoms with Crippen molar-refractivity contribution in [2.24, 2.45) is 5.73 Å². The quantitative estimate of drug-likeness (QED) is 0.710. The Balaban J connectivity index is 2.20. The maximum atomic E-state index is 5.39. The first-order valence-electron chi connectivity index (χ1n) is 4.52. The number of hydrogen-bond acceptors (Lipinski definition) is 5. The average Bonchev–Trinajstić information content (AvgIpc) is 2.60. The third kappa shape index (κ3) is 3.69. The monoisotopic (exact) mass is 201 g/mol. The fraction of sp³-hybridized carbons (Fsp3) is 0.750. The first-order valence-corrected chi connectivity index (χ1v) is 5.33. The van der Waals surface area contributed by atoms with Gasteiger partial charge in [0.05, 0.1) is 6.61 Å². The molecule has 2 N–H and O–H groups in total. The molecule has 1 aromatic rings. The lowest BCUT2D eigenvalue weighted by atomic mass is 10.3. The molecule has 0 fully saturated rings. The van der Waals surface area contributed by atoms with Crippen LogP contribution >= 0.6 is 11.3 Å². The van der Waals surface area contributed by atoms with E-state index in [1.54, 1.807) is 0 Å². The molecule has 0 atom stereocenters. The molecule has 5 heteroatoms. The molecule has 4 nitrogen and oxygen atoms in total. The summed E-state index contributed by atoms with van der Waals surface area (Å²) in [4.78, 5) is 0. The van der Waals surface area contributed by atoms with Crippen molar-refractivity contribution in [3.8, 4) is 5.19 Å². The first-order chi connectivity index (χ1) is 6.36. The van der Waals surface area contributed by atoms with E-state index in [1.165, 1.54) is 24.2 Å². The largest absolute Gasteiger partial charge is 0.469 e. The topological polar surface area (TPSA) is 61.0 Å². The van der Waals surface area contributed by atoms with Crippen LogP contribution in [0.5, 0.6) is 5.19 Å². The van der Waals surface area contributed by atoms with E-state index in [0.29, 0.717) is 11.7 Å². The summed E-state index contributed by atoms with van der Waals surface area (Å²) in [5.41, 5.74) is 5.39. The molecule has 13 heavy (non-hydrogen) atoms. The minimum absolute atomic E-state index is 0.440. The highest BCUT2D eigenvalue weighted by atomic mass is 32.1. The van der Waals surface area contributed by atoms with Gasteiger partial charge in [0.1, 0.15) is 5.01 Å². The predicted octanol–water partition coefficient (Wildman–Crippen LogP) is 1.57. The Bertz CT molecular complexity index is 239. The van der Waals surface area contributed by atoms with Crippen LogP contribution < -0.4 is 10.5 Å². The zero-order valence-electron chi connectivity index (χ0n) is 7.82. The molecule has 1 rings (SSSR count). The minimum atomic E-state index is 0.440. The maximum Gasteiger partial charge on any atom is 0.294 e. The molecule has 0 aromatic carbocycles. The molecular formula is C8H15N3OS. The van der Waals surface area contributed by atoms with Gasteiger partial charge in [-0.2, -0.15) is 0 Å². The Labute approximate surface area is 82.1 Å². The second-order valence-corrected chi connectivity index (χ2v) is 3.75. The van der Waals surface area contributed by atoms with Crippen LogP contribution in [-0.4, -0.2) is 16.8 Å². The van der Waals surface area contributed by atoms with E-state index in [4.69, 9.17) is 10.5 Å². The lowest BCUT2D eigenvalue weighted by Crippen LogP contribution is -1.96. The van der Waals surface area contributed by atoms with Gasteiger partial charge in [-0.1, -0.05) is 31.1 Å². The zero-order valence-corrected chi connectivity index (χ0v) is 8.64. The fourth-order valence-electron chi connectivity index (χ4n) is 0.891. The summed E-state index contributed by atoms with van der Waals surface area (Å²) in [5, 5.41) is 9.16. The zero-order chi connectivity index (χ0) is 9.52. The van der Waals surface area contributed by atoms with Crippen LogP contribution in [0.4, 0.5) is 0 Å². The molecule has 0 aliphatic rings. The van der Waals surface area contributed by atoms with Crippen molar-refractivity contribution in [1.82, 2.24) is 10.2 Å². The normalized spacial score (nSPS) is 10.3. The molecule has 0 aliphatic heterocycles. The second kappa shape index (κ2) is 5.88. The molecule has 1 heterocycles. The van der Waals surface area contributed by atoms with E-state index in [2.05, 4.69) is 17.1 Å². The van der Waals surface area contributed by atoms with E-state index >= 15 is 0 Å². The van der Waals surface area contributed by atoms with Crippen LogP contribution in [0, 0.1) is 0 Å². The lowest BCUT2D eigenvalue weighted by molar-refractivity contribution is 0.302. The summed E-state index contributed by atoms with van der Waals surface area (Å²) in [6, 6.07) is 0. The fourth-order valence-corrected chi connectivity index (χ4v) is 1.48. The Kier molecular flexibility index (Phi) is 4.70. The Morgan fingerprint density at radius 2 is 2.23 bits per heavy atom. The lowest BCUT2D eigenvalue weighted by Gasteiger charge is -1.98. The van der Waals surface area contributed by atoms with Crippen LogP contribution in [0.3, 0.4) is 0 Å². The SMILES string of the molecule is CCCCCOc1nnc(CN)s1. The Morgan fingerprint density at radius 1 is 1.38 bits per heavy atom. The molecule has 0 radical (unpaired) electrons. The summed E-state index contributed by atoms with van der Waals surface area (Å²) in [7, 11) is 0. The number of aromatic nitrogens is 2.